The van der Waals surface area contributed by atoms with Gasteiger partial charge in [0.15, 0.2) is 5.69 Å². The molecule has 94 valence electrons. The molecule has 1 aromatic heterocycles. The van der Waals surface area contributed by atoms with E-state index in [9.17, 15) is 4.79 Å². The number of oxazole rings is 1. The highest BCUT2D eigenvalue weighted by atomic mass is 16.4. The summed E-state index contributed by atoms with van der Waals surface area (Å²) in [5.74, 6) is -0.760. The molecule has 0 bridgehead atoms. The Morgan fingerprint density at radius 2 is 1.83 bits per heavy atom. The van der Waals surface area contributed by atoms with Gasteiger partial charge >= 0.3 is 5.97 Å². The molecule has 0 radical (unpaired) electrons. The number of hydrogen-bond acceptors (Lipinski definition) is 3. The lowest BCUT2D eigenvalue weighted by Gasteiger charge is -2.18. The predicted molar refractivity (Wildman–Crippen MR) is 67.6 cm³/mol. The molecular weight excluding hydrogens is 230 g/mol. The molecule has 1 heterocycles. The molecule has 1 N–H and O–H groups in total. The summed E-state index contributed by atoms with van der Waals surface area (Å²) in [6, 6.07) is 7.77. The van der Waals surface area contributed by atoms with Gasteiger partial charge in [0, 0.05) is 5.56 Å². The minimum absolute atomic E-state index is 0.0788. The molecule has 0 spiro atoms. The highest BCUT2D eigenvalue weighted by Crippen LogP contribution is 2.25. The van der Waals surface area contributed by atoms with Gasteiger partial charge in [-0.15, -0.1) is 0 Å². The van der Waals surface area contributed by atoms with E-state index >= 15 is 0 Å². The van der Waals surface area contributed by atoms with Gasteiger partial charge in [-0.2, -0.15) is 0 Å². The summed E-state index contributed by atoms with van der Waals surface area (Å²) in [4.78, 5) is 14.6. The number of aromatic carboxylic acids is 1. The SMILES string of the molecule is CC(C)(C)c1ccc(-c2nc(C(=O)O)co2)cc1. The third kappa shape index (κ3) is 2.42. The van der Waals surface area contributed by atoms with E-state index in [1.807, 2.05) is 24.3 Å². The fraction of sp³-hybridized carbons (Fsp3) is 0.286. The van der Waals surface area contributed by atoms with E-state index in [0.717, 1.165) is 11.8 Å². The molecule has 18 heavy (non-hydrogen) atoms. The summed E-state index contributed by atoms with van der Waals surface area (Å²) in [5.41, 5.74) is 1.98. The molecule has 0 fully saturated rings. The van der Waals surface area contributed by atoms with E-state index < -0.39 is 5.97 Å². The Hall–Kier alpha value is -2.10. The monoisotopic (exact) mass is 245 g/mol. The molecule has 0 aliphatic carbocycles. The number of carboxylic acids is 1. The molecule has 4 heteroatoms. The van der Waals surface area contributed by atoms with Gasteiger partial charge in [0.05, 0.1) is 0 Å². The predicted octanol–water partition coefficient (Wildman–Crippen LogP) is 3.34. The number of hydrogen-bond donors (Lipinski definition) is 1. The van der Waals surface area contributed by atoms with Gasteiger partial charge < -0.3 is 9.52 Å². The van der Waals surface area contributed by atoms with Crippen LogP contribution in [-0.4, -0.2) is 16.1 Å². The lowest BCUT2D eigenvalue weighted by atomic mass is 9.87. The second kappa shape index (κ2) is 4.29. The molecule has 0 saturated heterocycles. The van der Waals surface area contributed by atoms with E-state index in [-0.39, 0.29) is 11.1 Å². The second-order valence-electron chi connectivity index (χ2n) is 5.17. The van der Waals surface area contributed by atoms with Gasteiger partial charge in [-0.05, 0) is 23.1 Å². The number of benzene rings is 1. The summed E-state index contributed by atoms with van der Waals surface area (Å²) in [7, 11) is 0. The maximum Gasteiger partial charge on any atom is 0.357 e. The van der Waals surface area contributed by atoms with Crippen molar-refractivity contribution >= 4 is 5.97 Å². The van der Waals surface area contributed by atoms with Crippen LogP contribution in [0.3, 0.4) is 0 Å². The van der Waals surface area contributed by atoms with Gasteiger partial charge in [0.2, 0.25) is 5.89 Å². The summed E-state index contributed by atoms with van der Waals surface area (Å²) < 4.78 is 5.15. The summed E-state index contributed by atoms with van der Waals surface area (Å²) in [6.07, 6.45) is 1.15. The van der Waals surface area contributed by atoms with E-state index in [1.54, 1.807) is 0 Å². The van der Waals surface area contributed by atoms with Crippen molar-refractivity contribution in [2.75, 3.05) is 0 Å². The lowest BCUT2D eigenvalue weighted by molar-refractivity contribution is 0.0690. The van der Waals surface area contributed by atoms with Crippen molar-refractivity contribution in [3.05, 3.63) is 41.8 Å². The Bertz CT molecular complexity index is 561. The van der Waals surface area contributed by atoms with Crippen LogP contribution in [0, 0.1) is 0 Å². The van der Waals surface area contributed by atoms with Gasteiger partial charge in [-0.1, -0.05) is 32.9 Å². The van der Waals surface area contributed by atoms with E-state index in [4.69, 9.17) is 9.52 Å². The Morgan fingerprint density at radius 1 is 1.22 bits per heavy atom. The van der Waals surface area contributed by atoms with Crippen molar-refractivity contribution < 1.29 is 14.3 Å². The van der Waals surface area contributed by atoms with E-state index in [1.165, 1.54) is 5.56 Å². The number of rotatable bonds is 2. The van der Waals surface area contributed by atoms with Crippen molar-refractivity contribution in [3.8, 4) is 11.5 Å². The Kier molecular flexibility index (Phi) is 2.95. The average Bonchev–Trinajstić information content (AvgIpc) is 2.77. The summed E-state index contributed by atoms with van der Waals surface area (Å²) in [5, 5.41) is 8.77. The maximum absolute atomic E-state index is 10.7. The molecule has 2 rings (SSSR count). The lowest BCUT2D eigenvalue weighted by Crippen LogP contribution is -2.10. The third-order valence-corrected chi connectivity index (χ3v) is 2.72. The molecule has 2 aromatic rings. The first-order chi connectivity index (χ1) is 8.38. The number of carboxylic acid groups (broad SMARTS) is 1. The molecule has 0 amide bonds. The number of carbonyl (C=O) groups is 1. The third-order valence-electron chi connectivity index (χ3n) is 2.72. The summed E-state index contributed by atoms with van der Waals surface area (Å²) >= 11 is 0. The number of nitrogens with zero attached hydrogens (tertiary/aromatic N) is 1. The van der Waals surface area contributed by atoms with Crippen molar-refractivity contribution in [3.63, 3.8) is 0 Å². The molecule has 4 nitrogen and oxygen atoms in total. The maximum atomic E-state index is 10.7. The standard InChI is InChI=1S/C14H15NO3/c1-14(2,3)10-6-4-9(5-7-10)12-15-11(8-18-12)13(16)17/h4-8H,1-3H3,(H,16,17). The first kappa shape index (κ1) is 12.4. The smallest absolute Gasteiger partial charge is 0.357 e. The highest BCUT2D eigenvalue weighted by molar-refractivity contribution is 5.85. The number of aromatic nitrogens is 1. The van der Waals surface area contributed by atoms with E-state index in [0.29, 0.717) is 5.89 Å². The normalized spacial score (nSPS) is 11.5. The minimum atomic E-state index is -1.09. The van der Waals surface area contributed by atoms with Crippen LogP contribution in [0.1, 0.15) is 36.8 Å². The summed E-state index contributed by atoms with van der Waals surface area (Å²) in [6.45, 7) is 6.40. The second-order valence-corrected chi connectivity index (χ2v) is 5.17. The van der Waals surface area contributed by atoms with Crippen LogP contribution < -0.4 is 0 Å². The van der Waals surface area contributed by atoms with Crippen LogP contribution in [0.2, 0.25) is 0 Å². The fourth-order valence-electron chi connectivity index (χ4n) is 1.62. The van der Waals surface area contributed by atoms with Crippen LogP contribution in [0.4, 0.5) is 0 Å². The zero-order chi connectivity index (χ0) is 13.3. The minimum Gasteiger partial charge on any atom is -0.476 e. The van der Waals surface area contributed by atoms with Crippen LogP contribution in [0.15, 0.2) is 34.9 Å². The topological polar surface area (TPSA) is 63.3 Å². The Morgan fingerprint density at radius 3 is 2.28 bits per heavy atom. The quantitative estimate of drug-likeness (QED) is 0.881. The van der Waals surface area contributed by atoms with Gasteiger partial charge in [0.1, 0.15) is 6.26 Å². The van der Waals surface area contributed by atoms with Crippen molar-refractivity contribution in [2.24, 2.45) is 0 Å². The van der Waals surface area contributed by atoms with Gasteiger partial charge in [-0.25, -0.2) is 9.78 Å². The molecule has 1 aromatic carbocycles. The Balaban J connectivity index is 2.31. The Labute approximate surface area is 105 Å². The van der Waals surface area contributed by atoms with Crippen LogP contribution in [0.25, 0.3) is 11.5 Å². The first-order valence-corrected chi connectivity index (χ1v) is 5.67. The van der Waals surface area contributed by atoms with Crippen molar-refractivity contribution in [1.82, 2.24) is 4.98 Å². The molecule has 0 atom stereocenters. The molecule has 0 saturated carbocycles. The van der Waals surface area contributed by atoms with Crippen LogP contribution >= 0.6 is 0 Å². The van der Waals surface area contributed by atoms with Gasteiger partial charge in [0.25, 0.3) is 0 Å². The van der Waals surface area contributed by atoms with Crippen molar-refractivity contribution in [1.29, 1.82) is 0 Å². The van der Waals surface area contributed by atoms with E-state index in [2.05, 4.69) is 25.8 Å². The van der Waals surface area contributed by atoms with Gasteiger partial charge in [-0.3, -0.25) is 0 Å². The molecule has 0 aliphatic heterocycles. The molecule has 0 unspecified atom stereocenters. The zero-order valence-corrected chi connectivity index (χ0v) is 10.6. The average molecular weight is 245 g/mol. The molecular formula is C14H15NO3. The molecule has 0 aliphatic rings. The fourth-order valence-corrected chi connectivity index (χ4v) is 1.62. The first-order valence-electron chi connectivity index (χ1n) is 5.67. The zero-order valence-electron chi connectivity index (χ0n) is 10.6. The van der Waals surface area contributed by atoms with Crippen LogP contribution in [0.5, 0.6) is 0 Å². The van der Waals surface area contributed by atoms with Crippen molar-refractivity contribution in [2.45, 2.75) is 26.2 Å². The highest BCUT2D eigenvalue weighted by Gasteiger charge is 2.15. The largest absolute Gasteiger partial charge is 0.476 e. The van der Waals surface area contributed by atoms with Crippen LogP contribution in [-0.2, 0) is 5.41 Å².